The van der Waals surface area contributed by atoms with Crippen LogP contribution in [0.4, 0.5) is 0 Å². The minimum Gasteiger partial charge on any atom is -0.299 e. The van der Waals surface area contributed by atoms with Gasteiger partial charge in [0.25, 0.3) is 0 Å². The fourth-order valence-electron chi connectivity index (χ4n) is 2.62. The third-order valence-corrected chi connectivity index (χ3v) is 3.44. The van der Waals surface area contributed by atoms with Gasteiger partial charge in [0, 0.05) is 12.8 Å². The fourth-order valence-corrected chi connectivity index (χ4v) is 2.62. The van der Waals surface area contributed by atoms with Crippen LogP contribution >= 0.6 is 0 Å². The third kappa shape index (κ3) is 3.28. The quantitative estimate of drug-likeness (QED) is 0.765. The molecule has 1 fully saturated rings. The van der Waals surface area contributed by atoms with E-state index in [0.717, 1.165) is 12.0 Å². The smallest absolute Gasteiger partial charge is 0.140 e. The maximum atomic E-state index is 11.4. The summed E-state index contributed by atoms with van der Waals surface area (Å²) >= 11 is 0. The number of ketones is 2. The van der Waals surface area contributed by atoms with E-state index in [4.69, 9.17) is 0 Å². The van der Waals surface area contributed by atoms with Crippen molar-refractivity contribution in [3.63, 3.8) is 0 Å². The highest BCUT2D eigenvalue weighted by Gasteiger charge is 2.26. The van der Waals surface area contributed by atoms with E-state index in [2.05, 4.69) is 38.1 Å². The molecule has 1 aromatic carbocycles. The minimum atomic E-state index is 0.0857. The fraction of sp³-hybridized carbons (Fsp3) is 0.500. The molecular formula is C16H20O2. The zero-order valence-electron chi connectivity index (χ0n) is 11.1. The Labute approximate surface area is 108 Å². The van der Waals surface area contributed by atoms with E-state index < -0.39 is 0 Å². The van der Waals surface area contributed by atoms with Crippen LogP contribution in [0, 0.1) is 5.92 Å². The topological polar surface area (TPSA) is 34.1 Å². The number of Topliss-reactive ketones (excluding diaryl/α,β-unsaturated/α-hetero) is 2. The molecule has 1 saturated carbocycles. The average molecular weight is 244 g/mol. The predicted octanol–water partition coefficient (Wildman–Crippen LogP) is 3.29. The van der Waals surface area contributed by atoms with Crippen molar-refractivity contribution in [3.8, 4) is 0 Å². The second-order valence-corrected chi connectivity index (χ2v) is 5.70. The van der Waals surface area contributed by atoms with E-state index >= 15 is 0 Å². The first-order chi connectivity index (χ1) is 8.54. The van der Waals surface area contributed by atoms with Gasteiger partial charge in [-0.1, -0.05) is 38.1 Å². The molecule has 2 heteroatoms. The Morgan fingerprint density at radius 1 is 1.06 bits per heavy atom. The van der Waals surface area contributed by atoms with Crippen LogP contribution in [0.25, 0.3) is 0 Å². The molecule has 1 aliphatic rings. The Morgan fingerprint density at radius 3 is 2.11 bits per heavy atom. The molecule has 2 rings (SSSR count). The molecule has 0 atom stereocenters. The summed E-state index contributed by atoms with van der Waals surface area (Å²) in [6.07, 6.45) is 2.26. The molecule has 2 nitrogen and oxygen atoms in total. The van der Waals surface area contributed by atoms with Crippen LogP contribution in [0.15, 0.2) is 24.3 Å². The zero-order valence-corrected chi connectivity index (χ0v) is 11.1. The van der Waals surface area contributed by atoms with Crippen LogP contribution in [0.2, 0.25) is 0 Å². The molecule has 0 aliphatic heterocycles. The van der Waals surface area contributed by atoms with Crippen molar-refractivity contribution >= 4 is 11.6 Å². The maximum absolute atomic E-state index is 11.4. The molecular weight excluding hydrogens is 224 g/mol. The number of hydrogen-bond acceptors (Lipinski definition) is 2. The lowest BCUT2D eigenvalue weighted by Crippen LogP contribution is -2.21. The normalized spacial score (nSPS) is 17.5. The predicted molar refractivity (Wildman–Crippen MR) is 71.6 cm³/mol. The summed E-state index contributed by atoms with van der Waals surface area (Å²) in [5, 5.41) is 0. The number of carbonyl (C=O) groups excluding carboxylic acids is 2. The highest BCUT2D eigenvalue weighted by Crippen LogP contribution is 2.29. The van der Waals surface area contributed by atoms with Crippen LogP contribution in [-0.2, 0) is 16.0 Å². The monoisotopic (exact) mass is 244 g/mol. The summed E-state index contributed by atoms with van der Waals surface area (Å²) < 4.78 is 0. The minimum absolute atomic E-state index is 0.0857. The van der Waals surface area contributed by atoms with Crippen molar-refractivity contribution in [2.75, 3.05) is 0 Å². The molecule has 0 saturated heterocycles. The Balaban J connectivity index is 2.09. The molecule has 1 aromatic rings. The van der Waals surface area contributed by atoms with E-state index in [9.17, 15) is 9.59 Å². The Hall–Kier alpha value is -1.44. The van der Waals surface area contributed by atoms with Crippen molar-refractivity contribution in [1.82, 2.24) is 0 Å². The van der Waals surface area contributed by atoms with Gasteiger partial charge in [-0.15, -0.1) is 0 Å². The van der Waals surface area contributed by atoms with Gasteiger partial charge in [-0.05, 0) is 29.4 Å². The Bertz CT molecular complexity index is 427. The van der Waals surface area contributed by atoms with Crippen molar-refractivity contribution in [3.05, 3.63) is 35.4 Å². The first-order valence-corrected chi connectivity index (χ1v) is 6.67. The van der Waals surface area contributed by atoms with E-state index in [1.807, 2.05) is 0 Å². The van der Waals surface area contributed by atoms with E-state index in [0.29, 0.717) is 18.8 Å². The number of rotatable bonds is 3. The van der Waals surface area contributed by atoms with Gasteiger partial charge >= 0.3 is 0 Å². The molecule has 96 valence electrons. The molecule has 0 radical (unpaired) electrons. The van der Waals surface area contributed by atoms with E-state index in [1.165, 1.54) is 5.56 Å². The van der Waals surface area contributed by atoms with Crippen LogP contribution in [0.5, 0.6) is 0 Å². The molecule has 18 heavy (non-hydrogen) atoms. The Morgan fingerprint density at radius 2 is 1.61 bits per heavy atom. The van der Waals surface area contributed by atoms with Gasteiger partial charge in [-0.3, -0.25) is 9.59 Å². The number of hydrogen-bond donors (Lipinski definition) is 0. The summed E-state index contributed by atoms with van der Waals surface area (Å²) in [5.41, 5.74) is 2.45. The van der Waals surface area contributed by atoms with Gasteiger partial charge in [0.05, 0.1) is 6.42 Å². The Kier molecular flexibility index (Phi) is 3.95. The van der Waals surface area contributed by atoms with Crippen LogP contribution in [-0.4, -0.2) is 11.6 Å². The first-order valence-electron chi connectivity index (χ1n) is 6.67. The molecule has 0 heterocycles. The molecule has 0 aromatic heterocycles. The molecule has 0 bridgehead atoms. The largest absolute Gasteiger partial charge is 0.299 e. The van der Waals surface area contributed by atoms with Crippen molar-refractivity contribution in [2.24, 2.45) is 5.92 Å². The number of benzene rings is 1. The lowest BCUT2D eigenvalue weighted by Gasteiger charge is -2.20. The molecule has 0 N–H and O–H groups in total. The van der Waals surface area contributed by atoms with E-state index in [-0.39, 0.29) is 23.9 Å². The summed E-state index contributed by atoms with van der Waals surface area (Å²) in [5.74, 6) is 0.922. The van der Waals surface area contributed by atoms with Crippen LogP contribution in [0.1, 0.15) is 50.2 Å². The molecule has 1 aliphatic carbocycles. The van der Waals surface area contributed by atoms with Gasteiger partial charge in [-0.25, -0.2) is 0 Å². The van der Waals surface area contributed by atoms with Crippen molar-refractivity contribution < 1.29 is 9.59 Å². The van der Waals surface area contributed by atoms with Gasteiger partial charge in [0.15, 0.2) is 0 Å². The van der Waals surface area contributed by atoms with Gasteiger partial charge in [0.2, 0.25) is 0 Å². The molecule has 0 amide bonds. The SMILES string of the molecule is CC(C)Cc1ccc(C2CC(=O)CC(=O)C2)cc1. The van der Waals surface area contributed by atoms with Gasteiger partial charge < -0.3 is 0 Å². The molecule has 0 spiro atoms. The maximum Gasteiger partial charge on any atom is 0.140 e. The first kappa shape index (κ1) is 13.0. The molecule has 0 unspecified atom stereocenters. The van der Waals surface area contributed by atoms with Gasteiger partial charge in [0.1, 0.15) is 11.6 Å². The average Bonchev–Trinajstić information content (AvgIpc) is 2.27. The lowest BCUT2D eigenvalue weighted by molar-refractivity contribution is -0.130. The van der Waals surface area contributed by atoms with Crippen molar-refractivity contribution in [1.29, 1.82) is 0 Å². The lowest BCUT2D eigenvalue weighted by atomic mass is 9.82. The highest BCUT2D eigenvalue weighted by molar-refractivity contribution is 6.02. The van der Waals surface area contributed by atoms with Crippen LogP contribution < -0.4 is 0 Å². The summed E-state index contributed by atoms with van der Waals surface area (Å²) in [4.78, 5) is 22.9. The number of carbonyl (C=O) groups is 2. The summed E-state index contributed by atoms with van der Waals surface area (Å²) in [6, 6.07) is 8.40. The second-order valence-electron chi connectivity index (χ2n) is 5.70. The van der Waals surface area contributed by atoms with Gasteiger partial charge in [-0.2, -0.15) is 0 Å². The zero-order chi connectivity index (χ0) is 13.1. The standard InChI is InChI=1S/C16H20O2/c1-11(2)7-12-3-5-13(6-4-12)14-8-15(17)10-16(18)9-14/h3-6,11,14H,7-10H2,1-2H3. The summed E-state index contributed by atoms with van der Waals surface area (Å²) in [7, 11) is 0. The highest BCUT2D eigenvalue weighted by atomic mass is 16.1. The summed E-state index contributed by atoms with van der Waals surface area (Å²) in [6.45, 7) is 4.40. The van der Waals surface area contributed by atoms with Crippen molar-refractivity contribution in [2.45, 2.75) is 45.4 Å². The van der Waals surface area contributed by atoms with E-state index in [1.54, 1.807) is 0 Å². The van der Waals surface area contributed by atoms with Crippen LogP contribution in [0.3, 0.4) is 0 Å². The second kappa shape index (κ2) is 5.47. The third-order valence-electron chi connectivity index (χ3n) is 3.44.